The second-order valence-electron chi connectivity index (χ2n) is 6.58. The Labute approximate surface area is 161 Å². The normalized spacial score (nSPS) is 11.1. The van der Waals surface area contributed by atoms with Crippen molar-refractivity contribution in [1.29, 1.82) is 0 Å². The van der Waals surface area contributed by atoms with Crippen molar-refractivity contribution in [2.45, 2.75) is 0 Å². The Kier molecular flexibility index (Phi) is 3.84. The van der Waals surface area contributed by atoms with Gasteiger partial charge in [0.2, 0.25) is 0 Å². The summed E-state index contributed by atoms with van der Waals surface area (Å²) in [5.41, 5.74) is 4.70. The van der Waals surface area contributed by atoms with Crippen LogP contribution in [0.5, 0.6) is 0 Å². The standard InChI is InChI=1S/C25H16OS/c26-25-21-8-4-5-9-23(21)27-24-15-14-20(16-22(24)25)19-12-10-18(11-13-19)17-6-2-1-3-7-17/h1-16H. The van der Waals surface area contributed by atoms with E-state index in [0.29, 0.717) is 0 Å². The quantitative estimate of drug-likeness (QED) is 0.317. The number of hydrogen-bond acceptors (Lipinski definition) is 2. The fraction of sp³-hybridized carbons (Fsp3) is 0. The highest BCUT2D eigenvalue weighted by molar-refractivity contribution is 7.24. The Morgan fingerprint density at radius 3 is 1.81 bits per heavy atom. The summed E-state index contributed by atoms with van der Waals surface area (Å²) in [6, 6.07) is 32.9. The summed E-state index contributed by atoms with van der Waals surface area (Å²) in [6.07, 6.45) is 0. The first-order valence-electron chi connectivity index (χ1n) is 8.91. The number of hydrogen-bond donors (Lipinski definition) is 0. The fourth-order valence-electron chi connectivity index (χ4n) is 3.47. The summed E-state index contributed by atoms with van der Waals surface area (Å²) in [7, 11) is 0. The second-order valence-corrected chi connectivity index (χ2v) is 7.67. The van der Waals surface area contributed by atoms with E-state index in [0.717, 1.165) is 31.3 Å². The number of fused-ring (bicyclic) bond motifs is 2. The second kappa shape index (κ2) is 6.49. The van der Waals surface area contributed by atoms with Gasteiger partial charge in [0, 0.05) is 20.2 Å². The highest BCUT2D eigenvalue weighted by atomic mass is 32.1. The molecule has 0 amide bonds. The van der Waals surface area contributed by atoms with E-state index in [1.165, 1.54) is 11.1 Å². The lowest BCUT2D eigenvalue weighted by atomic mass is 9.99. The Hall–Kier alpha value is -3.23. The third kappa shape index (κ3) is 2.84. The van der Waals surface area contributed by atoms with Gasteiger partial charge in [0.05, 0.1) is 0 Å². The van der Waals surface area contributed by atoms with Gasteiger partial charge in [0.1, 0.15) is 0 Å². The Morgan fingerprint density at radius 2 is 1.04 bits per heavy atom. The van der Waals surface area contributed by atoms with E-state index in [2.05, 4.69) is 48.5 Å². The molecule has 0 radical (unpaired) electrons. The minimum Gasteiger partial charge on any atom is -0.289 e. The van der Waals surface area contributed by atoms with Gasteiger partial charge in [-0.1, -0.05) is 72.8 Å². The third-order valence-corrected chi connectivity index (χ3v) is 6.05. The first kappa shape index (κ1) is 16.0. The van der Waals surface area contributed by atoms with Gasteiger partial charge in [0.25, 0.3) is 0 Å². The summed E-state index contributed by atoms with van der Waals surface area (Å²) in [5.74, 6) is 0. The van der Waals surface area contributed by atoms with Gasteiger partial charge < -0.3 is 0 Å². The van der Waals surface area contributed by atoms with Crippen LogP contribution >= 0.6 is 11.3 Å². The predicted molar refractivity (Wildman–Crippen MR) is 116 cm³/mol. The molecule has 0 spiro atoms. The first-order valence-corrected chi connectivity index (χ1v) is 9.73. The van der Waals surface area contributed by atoms with Gasteiger partial charge in [-0.15, -0.1) is 11.3 Å². The zero-order valence-corrected chi connectivity index (χ0v) is 15.4. The van der Waals surface area contributed by atoms with Crippen molar-refractivity contribution in [3.05, 3.63) is 107 Å². The van der Waals surface area contributed by atoms with E-state index < -0.39 is 0 Å². The highest BCUT2D eigenvalue weighted by Gasteiger charge is 2.08. The maximum absolute atomic E-state index is 12.9. The Bertz CT molecular complexity index is 1320. The van der Waals surface area contributed by atoms with E-state index in [1.807, 2.05) is 48.5 Å². The molecule has 1 aromatic heterocycles. The van der Waals surface area contributed by atoms with E-state index in [4.69, 9.17) is 0 Å². The molecule has 0 saturated heterocycles. The molecule has 0 fully saturated rings. The van der Waals surface area contributed by atoms with Crippen LogP contribution in [-0.4, -0.2) is 0 Å². The third-order valence-electron chi connectivity index (χ3n) is 4.90. The van der Waals surface area contributed by atoms with Crippen molar-refractivity contribution < 1.29 is 0 Å². The SMILES string of the molecule is O=c1c2ccccc2sc2ccc(-c3ccc(-c4ccccc4)cc3)cc12. The first-order chi connectivity index (χ1) is 13.3. The molecule has 0 unspecified atom stereocenters. The molecular weight excluding hydrogens is 348 g/mol. The summed E-state index contributed by atoms with van der Waals surface area (Å²) >= 11 is 1.67. The average Bonchev–Trinajstić information content (AvgIpc) is 2.75. The van der Waals surface area contributed by atoms with Gasteiger partial charge in [0.15, 0.2) is 5.43 Å². The Balaban J connectivity index is 1.62. The zero-order valence-electron chi connectivity index (χ0n) is 14.6. The molecule has 0 N–H and O–H groups in total. The van der Waals surface area contributed by atoms with Crippen molar-refractivity contribution in [2.24, 2.45) is 0 Å². The molecule has 1 nitrogen and oxygen atoms in total. The molecule has 0 saturated carbocycles. The molecule has 4 aromatic carbocycles. The average molecular weight is 364 g/mol. The van der Waals surface area contributed by atoms with Crippen LogP contribution in [0.2, 0.25) is 0 Å². The molecule has 2 heteroatoms. The van der Waals surface area contributed by atoms with E-state index in [-0.39, 0.29) is 5.43 Å². The van der Waals surface area contributed by atoms with Crippen LogP contribution in [0.4, 0.5) is 0 Å². The largest absolute Gasteiger partial charge is 0.289 e. The smallest absolute Gasteiger partial charge is 0.195 e. The molecule has 0 aliphatic heterocycles. The molecule has 128 valence electrons. The molecule has 0 aliphatic carbocycles. The van der Waals surface area contributed by atoms with Gasteiger partial charge in [-0.3, -0.25) is 4.79 Å². The van der Waals surface area contributed by atoms with Crippen LogP contribution < -0.4 is 5.43 Å². The van der Waals surface area contributed by atoms with E-state index in [1.54, 1.807) is 11.3 Å². The monoisotopic (exact) mass is 364 g/mol. The van der Waals surface area contributed by atoms with E-state index in [9.17, 15) is 4.79 Å². The minimum absolute atomic E-state index is 0.113. The molecule has 0 bridgehead atoms. The van der Waals surface area contributed by atoms with Crippen LogP contribution in [0, 0.1) is 0 Å². The molecule has 5 aromatic rings. The lowest BCUT2D eigenvalue weighted by Gasteiger charge is -2.07. The lowest BCUT2D eigenvalue weighted by Crippen LogP contribution is -2.00. The molecule has 0 atom stereocenters. The molecular formula is C25H16OS. The van der Waals surface area contributed by atoms with Gasteiger partial charge in [-0.05, 0) is 46.5 Å². The minimum atomic E-state index is 0.113. The lowest BCUT2D eigenvalue weighted by molar-refractivity contribution is 1.60. The molecule has 1 heterocycles. The summed E-state index contributed by atoms with van der Waals surface area (Å²) < 4.78 is 2.07. The highest BCUT2D eigenvalue weighted by Crippen LogP contribution is 2.30. The van der Waals surface area contributed by atoms with Crippen LogP contribution in [-0.2, 0) is 0 Å². The topological polar surface area (TPSA) is 17.1 Å². The van der Waals surface area contributed by atoms with Gasteiger partial charge in [-0.25, -0.2) is 0 Å². The van der Waals surface area contributed by atoms with Crippen molar-refractivity contribution in [3.8, 4) is 22.3 Å². The maximum atomic E-state index is 12.9. The van der Waals surface area contributed by atoms with Crippen LogP contribution in [0.25, 0.3) is 42.4 Å². The van der Waals surface area contributed by atoms with Crippen LogP contribution in [0.1, 0.15) is 0 Å². The van der Waals surface area contributed by atoms with Crippen LogP contribution in [0.3, 0.4) is 0 Å². The maximum Gasteiger partial charge on any atom is 0.195 e. The number of benzene rings is 4. The van der Waals surface area contributed by atoms with Crippen molar-refractivity contribution in [3.63, 3.8) is 0 Å². The number of rotatable bonds is 2. The Morgan fingerprint density at radius 1 is 0.481 bits per heavy atom. The fourth-order valence-corrected chi connectivity index (χ4v) is 4.52. The predicted octanol–water partition coefficient (Wildman–Crippen LogP) is 6.75. The van der Waals surface area contributed by atoms with Gasteiger partial charge in [-0.2, -0.15) is 0 Å². The van der Waals surface area contributed by atoms with Crippen molar-refractivity contribution in [2.75, 3.05) is 0 Å². The van der Waals surface area contributed by atoms with E-state index >= 15 is 0 Å². The molecule has 27 heavy (non-hydrogen) atoms. The van der Waals surface area contributed by atoms with Crippen molar-refractivity contribution >= 4 is 31.5 Å². The zero-order chi connectivity index (χ0) is 18.2. The molecule has 5 rings (SSSR count). The van der Waals surface area contributed by atoms with Crippen molar-refractivity contribution in [1.82, 2.24) is 0 Å². The summed E-state index contributed by atoms with van der Waals surface area (Å²) in [5, 5.41) is 1.59. The van der Waals surface area contributed by atoms with Gasteiger partial charge >= 0.3 is 0 Å². The summed E-state index contributed by atoms with van der Waals surface area (Å²) in [4.78, 5) is 12.9. The molecule has 0 aliphatic rings. The summed E-state index contributed by atoms with van der Waals surface area (Å²) in [6.45, 7) is 0. The van der Waals surface area contributed by atoms with Crippen LogP contribution in [0.15, 0.2) is 102 Å².